The standard InChI is InChI=1S/C9H8BrClN2O3S3/c1-4(14)6-3-17-9(12-6)13-19(15,16)7-2-5(11)8(10)18-7/h2-4,14H,1H3,(H,12,13). The van der Waals surface area contributed by atoms with Gasteiger partial charge >= 0.3 is 0 Å². The second kappa shape index (κ2) is 5.66. The Kier molecular flexibility index (Phi) is 4.53. The molecule has 2 aromatic rings. The van der Waals surface area contributed by atoms with Crippen LogP contribution in [0.15, 0.2) is 19.4 Å². The third kappa shape index (κ3) is 3.47. The molecule has 2 aromatic heterocycles. The number of aliphatic hydroxyl groups is 1. The van der Waals surface area contributed by atoms with E-state index in [0.717, 1.165) is 22.7 Å². The summed E-state index contributed by atoms with van der Waals surface area (Å²) in [6.07, 6.45) is -0.736. The molecule has 2 N–H and O–H groups in total. The van der Waals surface area contributed by atoms with Crippen LogP contribution in [0.2, 0.25) is 5.02 Å². The molecule has 1 atom stereocenters. The van der Waals surface area contributed by atoms with Crippen LogP contribution in [0.5, 0.6) is 0 Å². The quantitative estimate of drug-likeness (QED) is 0.819. The summed E-state index contributed by atoms with van der Waals surface area (Å²) in [5.41, 5.74) is 0.424. The summed E-state index contributed by atoms with van der Waals surface area (Å²) in [7, 11) is -3.71. The third-order valence-corrected chi connectivity index (χ3v) is 7.25. The Morgan fingerprint density at radius 2 is 2.26 bits per heavy atom. The van der Waals surface area contributed by atoms with E-state index in [4.69, 9.17) is 11.6 Å². The fourth-order valence-electron chi connectivity index (χ4n) is 1.15. The van der Waals surface area contributed by atoms with Crippen molar-refractivity contribution in [1.82, 2.24) is 4.98 Å². The summed E-state index contributed by atoms with van der Waals surface area (Å²) in [4.78, 5) is 3.99. The van der Waals surface area contributed by atoms with Crippen molar-refractivity contribution in [2.24, 2.45) is 0 Å². The van der Waals surface area contributed by atoms with Crippen molar-refractivity contribution in [2.75, 3.05) is 4.72 Å². The Morgan fingerprint density at radius 3 is 2.74 bits per heavy atom. The Labute approximate surface area is 131 Å². The predicted molar refractivity (Wildman–Crippen MR) is 80.6 cm³/mol. The maximum Gasteiger partial charge on any atom is 0.273 e. The van der Waals surface area contributed by atoms with Gasteiger partial charge in [0.25, 0.3) is 10.0 Å². The van der Waals surface area contributed by atoms with Crippen LogP contribution in [-0.4, -0.2) is 18.5 Å². The van der Waals surface area contributed by atoms with E-state index in [1.54, 1.807) is 12.3 Å². The number of aliphatic hydroxyl groups excluding tert-OH is 1. The fraction of sp³-hybridized carbons (Fsp3) is 0.222. The molecule has 2 rings (SSSR count). The molecule has 0 fully saturated rings. The number of rotatable bonds is 4. The molecule has 5 nitrogen and oxygen atoms in total. The molecule has 104 valence electrons. The normalized spacial score (nSPS) is 13.5. The minimum atomic E-state index is -3.71. The lowest BCUT2D eigenvalue weighted by Gasteiger charge is -2.02. The Morgan fingerprint density at radius 1 is 1.58 bits per heavy atom. The van der Waals surface area contributed by atoms with Crippen LogP contribution in [0.4, 0.5) is 5.13 Å². The van der Waals surface area contributed by atoms with Crippen LogP contribution in [0.25, 0.3) is 0 Å². The molecule has 2 heterocycles. The molecule has 1 unspecified atom stereocenters. The van der Waals surface area contributed by atoms with Crippen molar-refractivity contribution < 1.29 is 13.5 Å². The number of sulfonamides is 1. The summed E-state index contributed by atoms with van der Waals surface area (Å²) in [5.74, 6) is 0. The van der Waals surface area contributed by atoms with E-state index in [-0.39, 0.29) is 9.34 Å². The molecule has 0 aliphatic carbocycles. The average Bonchev–Trinajstić information content (AvgIpc) is 2.87. The number of aromatic nitrogens is 1. The summed E-state index contributed by atoms with van der Waals surface area (Å²) in [6.45, 7) is 1.56. The number of thiazole rings is 1. The highest BCUT2D eigenvalue weighted by Gasteiger charge is 2.20. The molecule has 0 amide bonds. The van der Waals surface area contributed by atoms with Gasteiger partial charge in [0.05, 0.1) is 20.6 Å². The fourth-order valence-corrected chi connectivity index (χ4v) is 5.60. The molecule has 19 heavy (non-hydrogen) atoms. The number of nitrogens with one attached hydrogen (secondary N) is 1. The van der Waals surface area contributed by atoms with Gasteiger partial charge < -0.3 is 5.11 Å². The first-order valence-corrected chi connectivity index (χ1v) is 9.26. The lowest BCUT2D eigenvalue weighted by atomic mass is 10.3. The molecule has 0 spiro atoms. The highest BCUT2D eigenvalue weighted by molar-refractivity contribution is 9.11. The van der Waals surface area contributed by atoms with E-state index in [1.807, 2.05) is 0 Å². The van der Waals surface area contributed by atoms with Crippen LogP contribution in [-0.2, 0) is 10.0 Å². The van der Waals surface area contributed by atoms with Crippen LogP contribution in [0.3, 0.4) is 0 Å². The number of nitrogens with zero attached hydrogens (tertiary/aromatic N) is 1. The molecule has 0 radical (unpaired) electrons. The second-order valence-electron chi connectivity index (χ2n) is 3.55. The van der Waals surface area contributed by atoms with E-state index in [2.05, 4.69) is 25.6 Å². The second-order valence-corrected chi connectivity index (χ2v) is 9.09. The van der Waals surface area contributed by atoms with E-state index in [1.165, 1.54) is 6.07 Å². The van der Waals surface area contributed by atoms with Gasteiger partial charge in [0.15, 0.2) is 5.13 Å². The van der Waals surface area contributed by atoms with Gasteiger partial charge in [0.1, 0.15) is 4.21 Å². The largest absolute Gasteiger partial charge is 0.387 e. The van der Waals surface area contributed by atoms with E-state index < -0.39 is 16.1 Å². The maximum absolute atomic E-state index is 12.1. The monoisotopic (exact) mass is 402 g/mol. The van der Waals surface area contributed by atoms with Gasteiger partial charge in [0.2, 0.25) is 0 Å². The van der Waals surface area contributed by atoms with Crippen molar-refractivity contribution in [2.45, 2.75) is 17.2 Å². The van der Waals surface area contributed by atoms with Crippen LogP contribution < -0.4 is 4.72 Å². The Bertz CT molecular complexity index is 676. The molecule has 0 bridgehead atoms. The Hall–Kier alpha value is -0.190. The summed E-state index contributed by atoms with van der Waals surface area (Å²) < 4.78 is 27.1. The lowest BCUT2D eigenvalue weighted by molar-refractivity contribution is 0.195. The first-order chi connectivity index (χ1) is 8.79. The molecule has 0 saturated heterocycles. The smallest absolute Gasteiger partial charge is 0.273 e. The summed E-state index contributed by atoms with van der Waals surface area (Å²) in [5, 5.41) is 11.5. The van der Waals surface area contributed by atoms with Crippen LogP contribution in [0, 0.1) is 0 Å². The van der Waals surface area contributed by atoms with Gasteiger partial charge in [-0.1, -0.05) is 11.6 Å². The maximum atomic E-state index is 12.1. The lowest BCUT2D eigenvalue weighted by Crippen LogP contribution is -2.11. The molecule has 0 aromatic carbocycles. The van der Waals surface area contributed by atoms with E-state index >= 15 is 0 Å². The highest BCUT2D eigenvalue weighted by atomic mass is 79.9. The van der Waals surface area contributed by atoms with Crippen molar-refractivity contribution in [3.8, 4) is 0 Å². The zero-order valence-corrected chi connectivity index (χ0v) is 14.2. The minimum Gasteiger partial charge on any atom is -0.387 e. The van der Waals surface area contributed by atoms with Gasteiger partial charge in [0, 0.05) is 5.38 Å². The van der Waals surface area contributed by atoms with Crippen molar-refractivity contribution in [3.05, 3.63) is 25.9 Å². The van der Waals surface area contributed by atoms with Crippen molar-refractivity contribution in [3.63, 3.8) is 0 Å². The van der Waals surface area contributed by atoms with Crippen LogP contribution >= 0.6 is 50.2 Å². The van der Waals surface area contributed by atoms with E-state index in [0.29, 0.717) is 14.5 Å². The molecular formula is C9H8BrClN2O3S3. The SMILES string of the molecule is CC(O)c1csc(NS(=O)(=O)c2cc(Cl)c(Br)s2)n1. The summed E-state index contributed by atoms with van der Waals surface area (Å²) in [6, 6.07) is 1.36. The third-order valence-electron chi connectivity index (χ3n) is 2.06. The number of anilines is 1. The summed E-state index contributed by atoms with van der Waals surface area (Å²) >= 11 is 11.1. The molecular weight excluding hydrogens is 396 g/mol. The van der Waals surface area contributed by atoms with Gasteiger partial charge in [-0.2, -0.15) is 0 Å². The van der Waals surface area contributed by atoms with Crippen LogP contribution in [0.1, 0.15) is 18.7 Å². The molecule has 10 heteroatoms. The van der Waals surface area contributed by atoms with Crippen molar-refractivity contribution in [1.29, 1.82) is 0 Å². The zero-order chi connectivity index (χ0) is 14.2. The molecule has 0 aliphatic rings. The highest BCUT2D eigenvalue weighted by Crippen LogP contribution is 2.35. The van der Waals surface area contributed by atoms with Crippen molar-refractivity contribution >= 4 is 65.4 Å². The molecule has 0 saturated carbocycles. The topological polar surface area (TPSA) is 79.3 Å². The number of hydrogen-bond donors (Lipinski definition) is 2. The minimum absolute atomic E-state index is 0.0955. The van der Waals surface area contributed by atoms with Gasteiger partial charge in [-0.05, 0) is 28.9 Å². The predicted octanol–water partition coefficient (Wildman–Crippen LogP) is 3.47. The number of hydrogen-bond acceptors (Lipinski definition) is 6. The Balaban J connectivity index is 2.25. The first kappa shape index (κ1) is 15.2. The first-order valence-electron chi connectivity index (χ1n) is 4.91. The van der Waals surface area contributed by atoms with Gasteiger partial charge in [-0.15, -0.1) is 22.7 Å². The van der Waals surface area contributed by atoms with E-state index in [9.17, 15) is 13.5 Å². The average molecular weight is 404 g/mol. The number of halogens is 2. The zero-order valence-electron chi connectivity index (χ0n) is 9.42. The molecule has 0 aliphatic heterocycles. The number of thiophene rings is 1. The van der Waals surface area contributed by atoms with Gasteiger partial charge in [-0.25, -0.2) is 13.4 Å². The van der Waals surface area contributed by atoms with Gasteiger partial charge in [-0.3, -0.25) is 4.72 Å².